The third kappa shape index (κ3) is 4.87. The molecule has 174 valence electrons. The standard InChI is InChI=1S/C25H25ClN6O2/c1-15-12-16(2)31(29-15)18(4)24(33)28-22-11-10-19(14-21(22)26)27-25(34)23-13-17(3)32(30-23)20-8-6-5-7-9-20/h5-14,18H,1-4H3,(H,27,34)(H,28,33). The van der Waals surface area contributed by atoms with E-state index in [0.29, 0.717) is 16.4 Å². The van der Waals surface area contributed by atoms with E-state index in [9.17, 15) is 9.59 Å². The number of benzene rings is 2. The van der Waals surface area contributed by atoms with Gasteiger partial charge in [-0.2, -0.15) is 10.2 Å². The van der Waals surface area contributed by atoms with E-state index in [1.54, 1.807) is 40.6 Å². The normalized spacial score (nSPS) is 11.8. The molecule has 1 unspecified atom stereocenters. The number of nitrogens with one attached hydrogen (secondary N) is 2. The van der Waals surface area contributed by atoms with E-state index in [-0.39, 0.29) is 17.5 Å². The molecule has 0 fully saturated rings. The SMILES string of the molecule is Cc1cc(C)n(C(C)C(=O)Nc2ccc(NC(=O)c3cc(C)n(-c4ccccc4)n3)cc2Cl)n1. The Labute approximate surface area is 202 Å². The topological polar surface area (TPSA) is 93.8 Å². The van der Waals surface area contributed by atoms with Crippen LogP contribution < -0.4 is 10.6 Å². The molecule has 9 heteroatoms. The highest BCUT2D eigenvalue weighted by atomic mass is 35.5. The predicted octanol–water partition coefficient (Wildman–Crippen LogP) is 5.10. The molecule has 4 aromatic rings. The average molecular weight is 477 g/mol. The first-order chi connectivity index (χ1) is 16.2. The van der Waals surface area contributed by atoms with E-state index in [0.717, 1.165) is 22.8 Å². The van der Waals surface area contributed by atoms with Crippen LogP contribution in [0.15, 0.2) is 60.7 Å². The highest BCUT2D eigenvalue weighted by Gasteiger charge is 2.19. The smallest absolute Gasteiger partial charge is 0.276 e. The minimum Gasteiger partial charge on any atom is -0.323 e. The summed E-state index contributed by atoms with van der Waals surface area (Å²) in [7, 11) is 0. The summed E-state index contributed by atoms with van der Waals surface area (Å²) in [6.07, 6.45) is 0. The van der Waals surface area contributed by atoms with Crippen molar-refractivity contribution in [3.05, 3.63) is 88.5 Å². The zero-order valence-electron chi connectivity index (χ0n) is 19.3. The molecule has 1 atom stereocenters. The minimum absolute atomic E-state index is 0.244. The summed E-state index contributed by atoms with van der Waals surface area (Å²) in [5.74, 6) is -0.601. The Kier molecular flexibility index (Phi) is 6.51. The number of rotatable bonds is 6. The van der Waals surface area contributed by atoms with Crippen LogP contribution in [0.5, 0.6) is 0 Å². The first-order valence-corrected chi connectivity index (χ1v) is 11.2. The van der Waals surface area contributed by atoms with Gasteiger partial charge < -0.3 is 10.6 Å². The van der Waals surface area contributed by atoms with Gasteiger partial charge in [0.1, 0.15) is 6.04 Å². The molecule has 0 aliphatic heterocycles. The van der Waals surface area contributed by atoms with Gasteiger partial charge in [-0.15, -0.1) is 0 Å². The van der Waals surface area contributed by atoms with Crippen molar-refractivity contribution >= 4 is 34.8 Å². The molecular weight excluding hydrogens is 452 g/mol. The maximum Gasteiger partial charge on any atom is 0.276 e. The monoisotopic (exact) mass is 476 g/mol. The lowest BCUT2D eigenvalue weighted by molar-refractivity contribution is -0.119. The third-order valence-corrected chi connectivity index (χ3v) is 5.71. The summed E-state index contributed by atoms with van der Waals surface area (Å²) in [5, 5.41) is 14.7. The highest BCUT2D eigenvalue weighted by Crippen LogP contribution is 2.27. The van der Waals surface area contributed by atoms with Gasteiger partial charge in [-0.05, 0) is 70.2 Å². The molecule has 0 saturated heterocycles. The van der Waals surface area contributed by atoms with Crippen LogP contribution in [0, 0.1) is 20.8 Å². The molecule has 2 N–H and O–H groups in total. The molecule has 0 aliphatic carbocycles. The number of carbonyl (C=O) groups is 2. The van der Waals surface area contributed by atoms with Crippen LogP contribution in [-0.4, -0.2) is 31.4 Å². The maximum atomic E-state index is 12.8. The zero-order valence-corrected chi connectivity index (χ0v) is 20.1. The molecule has 0 spiro atoms. The first kappa shape index (κ1) is 23.3. The highest BCUT2D eigenvalue weighted by molar-refractivity contribution is 6.34. The van der Waals surface area contributed by atoms with Crippen LogP contribution >= 0.6 is 11.6 Å². The van der Waals surface area contributed by atoms with E-state index in [2.05, 4.69) is 20.8 Å². The zero-order chi connectivity index (χ0) is 24.4. The Balaban J connectivity index is 1.45. The molecule has 8 nitrogen and oxygen atoms in total. The Hall–Kier alpha value is -3.91. The van der Waals surface area contributed by atoms with Gasteiger partial charge in [0.15, 0.2) is 5.69 Å². The average Bonchev–Trinajstić information content (AvgIpc) is 3.36. The molecular formula is C25H25ClN6O2. The van der Waals surface area contributed by atoms with Crippen molar-refractivity contribution in [2.24, 2.45) is 0 Å². The largest absolute Gasteiger partial charge is 0.323 e. The van der Waals surface area contributed by atoms with Crippen molar-refractivity contribution in [2.45, 2.75) is 33.7 Å². The van der Waals surface area contributed by atoms with Gasteiger partial charge in [0.05, 0.1) is 22.1 Å². The lowest BCUT2D eigenvalue weighted by Crippen LogP contribution is -2.25. The van der Waals surface area contributed by atoms with Gasteiger partial charge in [0, 0.05) is 17.1 Å². The minimum atomic E-state index is -0.507. The molecule has 2 amide bonds. The quantitative estimate of drug-likeness (QED) is 0.405. The number of amides is 2. The molecule has 2 aromatic carbocycles. The molecule has 0 bridgehead atoms. The fraction of sp³-hybridized carbons (Fsp3) is 0.200. The van der Waals surface area contributed by atoms with Gasteiger partial charge in [-0.1, -0.05) is 29.8 Å². The molecule has 2 aromatic heterocycles. The molecule has 2 heterocycles. The van der Waals surface area contributed by atoms with Crippen LogP contribution in [0.1, 0.15) is 40.5 Å². The van der Waals surface area contributed by atoms with Crippen molar-refractivity contribution in [3.63, 3.8) is 0 Å². The number of carbonyl (C=O) groups excluding carboxylic acids is 2. The van der Waals surface area contributed by atoms with Crippen LogP contribution in [-0.2, 0) is 4.79 Å². The first-order valence-electron chi connectivity index (χ1n) is 10.8. The van der Waals surface area contributed by atoms with E-state index in [1.807, 2.05) is 57.2 Å². The fourth-order valence-corrected chi connectivity index (χ4v) is 3.92. The fourth-order valence-electron chi connectivity index (χ4n) is 3.69. The number of aryl methyl sites for hydroxylation is 3. The summed E-state index contributed by atoms with van der Waals surface area (Å²) in [6.45, 7) is 7.44. The Morgan fingerprint density at radius 2 is 1.65 bits per heavy atom. The number of aromatic nitrogens is 4. The van der Waals surface area contributed by atoms with Crippen molar-refractivity contribution in [1.82, 2.24) is 19.6 Å². The Morgan fingerprint density at radius 1 is 0.912 bits per heavy atom. The van der Waals surface area contributed by atoms with E-state index >= 15 is 0 Å². The lowest BCUT2D eigenvalue weighted by atomic mass is 10.2. The van der Waals surface area contributed by atoms with Crippen LogP contribution in [0.3, 0.4) is 0 Å². The number of para-hydroxylation sites is 1. The predicted molar refractivity (Wildman–Crippen MR) is 133 cm³/mol. The molecule has 0 aliphatic rings. The molecule has 34 heavy (non-hydrogen) atoms. The Morgan fingerprint density at radius 3 is 2.29 bits per heavy atom. The number of hydrogen-bond donors (Lipinski definition) is 2. The molecule has 0 saturated carbocycles. The molecule has 4 rings (SSSR count). The van der Waals surface area contributed by atoms with Gasteiger partial charge in [-0.25, -0.2) is 4.68 Å². The van der Waals surface area contributed by atoms with Gasteiger partial charge in [0.2, 0.25) is 5.91 Å². The second-order valence-corrected chi connectivity index (χ2v) is 8.51. The van der Waals surface area contributed by atoms with Crippen LogP contribution in [0.4, 0.5) is 11.4 Å². The third-order valence-electron chi connectivity index (χ3n) is 5.40. The van der Waals surface area contributed by atoms with Crippen LogP contribution in [0.2, 0.25) is 5.02 Å². The number of hydrogen-bond acceptors (Lipinski definition) is 4. The lowest BCUT2D eigenvalue weighted by Gasteiger charge is -2.15. The van der Waals surface area contributed by atoms with Gasteiger partial charge in [0.25, 0.3) is 5.91 Å². The summed E-state index contributed by atoms with van der Waals surface area (Å²) < 4.78 is 3.38. The van der Waals surface area contributed by atoms with E-state index in [1.165, 1.54) is 0 Å². The van der Waals surface area contributed by atoms with Crippen LogP contribution in [0.25, 0.3) is 5.69 Å². The molecule has 0 radical (unpaired) electrons. The number of anilines is 2. The van der Waals surface area contributed by atoms with E-state index < -0.39 is 6.04 Å². The summed E-state index contributed by atoms with van der Waals surface area (Å²) >= 11 is 6.39. The van der Waals surface area contributed by atoms with Crippen molar-refractivity contribution in [3.8, 4) is 5.69 Å². The van der Waals surface area contributed by atoms with E-state index in [4.69, 9.17) is 11.6 Å². The summed E-state index contributed by atoms with van der Waals surface area (Å²) in [6, 6.07) is 17.6. The maximum absolute atomic E-state index is 12.8. The van der Waals surface area contributed by atoms with Gasteiger partial charge in [-0.3, -0.25) is 14.3 Å². The summed E-state index contributed by atoms with van der Waals surface area (Å²) in [4.78, 5) is 25.5. The van der Waals surface area contributed by atoms with Crippen molar-refractivity contribution in [2.75, 3.05) is 10.6 Å². The van der Waals surface area contributed by atoms with Crippen molar-refractivity contribution < 1.29 is 9.59 Å². The summed E-state index contributed by atoms with van der Waals surface area (Å²) in [5.41, 5.74) is 4.68. The second kappa shape index (κ2) is 9.52. The van der Waals surface area contributed by atoms with Crippen molar-refractivity contribution in [1.29, 1.82) is 0 Å². The Bertz CT molecular complexity index is 1360. The van der Waals surface area contributed by atoms with Gasteiger partial charge >= 0.3 is 0 Å². The number of halogens is 1. The second-order valence-electron chi connectivity index (χ2n) is 8.10. The number of nitrogens with zero attached hydrogens (tertiary/aromatic N) is 4.